The summed E-state index contributed by atoms with van der Waals surface area (Å²) in [6, 6.07) is -0.861. The summed E-state index contributed by atoms with van der Waals surface area (Å²) < 4.78 is 38.4. The van der Waals surface area contributed by atoms with Crippen molar-refractivity contribution in [1.29, 1.82) is 0 Å². The molecule has 1 N–H and O–H groups in total. The topological polar surface area (TPSA) is 34.1 Å². The number of hydrogen-bond acceptors (Lipinski definition) is 3. The number of rotatable bonds is 6. The average Bonchev–Trinajstić information content (AvgIpc) is 2.56. The quantitative estimate of drug-likeness (QED) is 0.361. The summed E-state index contributed by atoms with van der Waals surface area (Å²) in [5.41, 5.74) is 0. The number of guanidine groups is 1. The molecule has 0 bridgehead atoms. The Balaban J connectivity index is 0.00000576. The average molecular weight is 479 g/mol. The number of likely N-dealkylation sites (N-methyl/N-ethyl adjacent to an activating group) is 1. The van der Waals surface area contributed by atoms with Gasteiger partial charge in [0.1, 0.15) is 6.04 Å². The minimum absolute atomic E-state index is 0. The fourth-order valence-electron chi connectivity index (χ4n) is 2.74. The van der Waals surface area contributed by atoms with Crippen molar-refractivity contribution in [1.82, 2.24) is 20.0 Å². The van der Waals surface area contributed by atoms with Gasteiger partial charge in [-0.15, -0.1) is 24.0 Å². The summed E-state index contributed by atoms with van der Waals surface area (Å²) >= 11 is 0. The lowest BCUT2D eigenvalue weighted by atomic mass is 10.2. The zero-order chi connectivity index (χ0) is 18.3. The van der Waals surface area contributed by atoms with Crippen molar-refractivity contribution in [2.24, 2.45) is 4.99 Å². The van der Waals surface area contributed by atoms with Crippen LogP contribution in [-0.4, -0.2) is 92.3 Å². The first-order valence-corrected chi connectivity index (χ1v) is 8.67. The van der Waals surface area contributed by atoms with Crippen LogP contribution >= 0.6 is 24.0 Å². The van der Waals surface area contributed by atoms with Crippen LogP contribution in [0, 0.1) is 0 Å². The van der Waals surface area contributed by atoms with E-state index >= 15 is 0 Å². The van der Waals surface area contributed by atoms with E-state index in [4.69, 9.17) is 0 Å². The van der Waals surface area contributed by atoms with Crippen LogP contribution in [0.2, 0.25) is 0 Å². The Morgan fingerprint density at radius 2 is 1.76 bits per heavy atom. The van der Waals surface area contributed by atoms with Gasteiger partial charge in [0.2, 0.25) is 0 Å². The van der Waals surface area contributed by atoms with E-state index in [9.17, 15) is 13.2 Å². The van der Waals surface area contributed by atoms with Gasteiger partial charge < -0.3 is 15.1 Å². The molecule has 150 valence electrons. The zero-order valence-corrected chi connectivity index (χ0v) is 18.3. The number of alkyl halides is 3. The molecule has 25 heavy (non-hydrogen) atoms. The minimum atomic E-state index is -4.16. The van der Waals surface area contributed by atoms with Crippen LogP contribution in [-0.2, 0) is 0 Å². The van der Waals surface area contributed by atoms with E-state index in [2.05, 4.69) is 36.1 Å². The number of halogens is 4. The summed E-state index contributed by atoms with van der Waals surface area (Å²) in [4.78, 5) is 10.1. The van der Waals surface area contributed by atoms with Gasteiger partial charge in [-0.05, 0) is 27.3 Å². The first-order chi connectivity index (χ1) is 11.2. The standard InChI is InChI=1S/C16H32F3N5.HI/c1-6-13(2)22(5)8-7-21-15(20-4)24-11-9-23(10-12-24)14(3)16(17,18)19;/h13-14H,6-12H2,1-5H3,(H,20,21);1H. The van der Waals surface area contributed by atoms with E-state index < -0.39 is 12.2 Å². The predicted octanol–water partition coefficient (Wildman–Crippen LogP) is 2.48. The zero-order valence-electron chi connectivity index (χ0n) is 15.9. The highest BCUT2D eigenvalue weighted by Crippen LogP contribution is 2.25. The summed E-state index contributed by atoms with van der Waals surface area (Å²) in [6.45, 7) is 9.16. The van der Waals surface area contributed by atoms with E-state index in [0.29, 0.717) is 32.2 Å². The molecule has 1 fully saturated rings. The Kier molecular flexibility index (Phi) is 11.3. The lowest BCUT2D eigenvalue weighted by Gasteiger charge is -2.39. The van der Waals surface area contributed by atoms with Crippen molar-refractivity contribution in [3.05, 3.63) is 0 Å². The van der Waals surface area contributed by atoms with Crippen LogP contribution in [0.4, 0.5) is 13.2 Å². The number of aliphatic imine (C=N–C) groups is 1. The second-order valence-electron chi connectivity index (χ2n) is 6.45. The molecule has 1 rings (SSSR count). The van der Waals surface area contributed by atoms with Gasteiger partial charge in [0, 0.05) is 52.4 Å². The van der Waals surface area contributed by atoms with Crippen molar-refractivity contribution < 1.29 is 13.2 Å². The third-order valence-corrected chi connectivity index (χ3v) is 4.94. The summed E-state index contributed by atoms with van der Waals surface area (Å²) in [5, 5.41) is 3.32. The van der Waals surface area contributed by atoms with E-state index in [1.807, 2.05) is 4.90 Å². The van der Waals surface area contributed by atoms with E-state index in [-0.39, 0.29) is 24.0 Å². The maximum atomic E-state index is 12.8. The molecule has 1 aliphatic heterocycles. The molecule has 9 heteroatoms. The highest BCUT2D eigenvalue weighted by molar-refractivity contribution is 14.0. The van der Waals surface area contributed by atoms with Gasteiger partial charge in [0.05, 0.1) is 0 Å². The molecule has 0 radical (unpaired) electrons. The maximum Gasteiger partial charge on any atom is 0.403 e. The smallest absolute Gasteiger partial charge is 0.355 e. The molecule has 1 heterocycles. The number of hydrogen-bond donors (Lipinski definition) is 1. The maximum absolute atomic E-state index is 12.8. The Morgan fingerprint density at radius 1 is 1.20 bits per heavy atom. The van der Waals surface area contributed by atoms with Crippen molar-refractivity contribution in [3.8, 4) is 0 Å². The Labute approximate surface area is 167 Å². The Hall–Kier alpha value is -0.290. The molecule has 5 nitrogen and oxygen atoms in total. The number of nitrogens with zero attached hydrogens (tertiary/aromatic N) is 4. The predicted molar refractivity (Wildman–Crippen MR) is 108 cm³/mol. The summed E-state index contributed by atoms with van der Waals surface area (Å²) in [7, 11) is 3.81. The van der Waals surface area contributed by atoms with Gasteiger partial charge in [-0.1, -0.05) is 6.92 Å². The third kappa shape index (κ3) is 7.86. The second-order valence-corrected chi connectivity index (χ2v) is 6.45. The van der Waals surface area contributed by atoms with Crippen LogP contribution in [0.3, 0.4) is 0 Å². The fraction of sp³-hybridized carbons (Fsp3) is 0.938. The first-order valence-electron chi connectivity index (χ1n) is 8.67. The van der Waals surface area contributed by atoms with Gasteiger partial charge in [-0.3, -0.25) is 9.89 Å². The lowest BCUT2D eigenvalue weighted by molar-refractivity contribution is -0.181. The summed E-state index contributed by atoms with van der Waals surface area (Å²) in [6.07, 6.45) is -3.06. The molecule has 0 aromatic carbocycles. The van der Waals surface area contributed by atoms with Gasteiger partial charge in [-0.25, -0.2) is 0 Å². The molecule has 0 aromatic heterocycles. The molecule has 0 spiro atoms. The van der Waals surface area contributed by atoms with Gasteiger partial charge in [0.25, 0.3) is 0 Å². The van der Waals surface area contributed by atoms with Crippen molar-refractivity contribution >= 4 is 29.9 Å². The lowest BCUT2D eigenvalue weighted by Crippen LogP contribution is -2.57. The highest BCUT2D eigenvalue weighted by atomic mass is 127. The van der Waals surface area contributed by atoms with Crippen molar-refractivity contribution in [2.45, 2.75) is 45.5 Å². The molecule has 1 aliphatic rings. The first kappa shape index (κ1) is 24.7. The molecular formula is C16H33F3IN5. The number of nitrogens with one attached hydrogen (secondary N) is 1. The molecular weight excluding hydrogens is 446 g/mol. The minimum Gasteiger partial charge on any atom is -0.355 e. The SMILES string of the molecule is CCC(C)N(C)CCNC(=NC)N1CCN(C(C)C(F)(F)F)CC1.I. The molecule has 0 aromatic rings. The second kappa shape index (κ2) is 11.4. The van der Waals surface area contributed by atoms with Crippen LogP contribution in [0.5, 0.6) is 0 Å². The molecule has 2 unspecified atom stereocenters. The largest absolute Gasteiger partial charge is 0.403 e. The molecule has 0 amide bonds. The number of piperazine rings is 1. The van der Waals surface area contributed by atoms with Crippen LogP contribution in [0.1, 0.15) is 27.2 Å². The fourth-order valence-corrected chi connectivity index (χ4v) is 2.74. The third-order valence-electron chi connectivity index (χ3n) is 4.94. The molecule has 1 saturated heterocycles. The van der Waals surface area contributed by atoms with Gasteiger partial charge >= 0.3 is 6.18 Å². The normalized spacial score (nSPS) is 19.6. The Morgan fingerprint density at radius 3 is 2.20 bits per heavy atom. The van der Waals surface area contributed by atoms with E-state index in [0.717, 1.165) is 25.5 Å². The van der Waals surface area contributed by atoms with Crippen LogP contribution < -0.4 is 5.32 Å². The van der Waals surface area contributed by atoms with Crippen molar-refractivity contribution in [3.63, 3.8) is 0 Å². The highest BCUT2D eigenvalue weighted by Gasteiger charge is 2.41. The van der Waals surface area contributed by atoms with Crippen LogP contribution in [0.15, 0.2) is 4.99 Å². The van der Waals surface area contributed by atoms with Crippen molar-refractivity contribution in [2.75, 3.05) is 53.4 Å². The van der Waals surface area contributed by atoms with E-state index in [1.54, 1.807) is 7.05 Å². The molecule has 2 atom stereocenters. The van der Waals surface area contributed by atoms with E-state index in [1.165, 1.54) is 11.8 Å². The summed E-state index contributed by atoms with van der Waals surface area (Å²) in [5.74, 6) is 0.770. The van der Waals surface area contributed by atoms with Crippen LogP contribution in [0.25, 0.3) is 0 Å². The monoisotopic (exact) mass is 479 g/mol. The van der Waals surface area contributed by atoms with Gasteiger partial charge in [-0.2, -0.15) is 13.2 Å². The molecule has 0 saturated carbocycles. The molecule has 0 aliphatic carbocycles. The Bertz CT molecular complexity index is 398. The van der Waals surface area contributed by atoms with Gasteiger partial charge in [0.15, 0.2) is 5.96 Å².